The Kier molecular flexibility index (Phi) is 5.45. The molecule has 2 aromatic carbocycles. The number of fused-ring (bicyclic) bond motifs is 1. The van der Waals surface area contributed by atoms with Crippen molar-refractivity contribution < 1.29 is 13.2 Å². The first-order chi connectivity index (χ1) is 15.8. The summed E-state index contributed by atoms with van der Waals surface area (Å²) in [6.45, 7) is 3.93. The number of carbonyl (C=O) groups excluding carboxylic acids is 1. The molecule has 7 nitrogen and oxygen atoms in total. The van der Waals surface area contributed by atoms with Crippen LogP contribution in [0.4, 0.5) is 11.4 Å². The third kappa shape index (κ3) is 3.81. The van der Waals surface area contributed by atoms with E-state index >= 15 is 0 Å². The van der Waals surface area contributed by atoms with Crippen LogP contribution in [0.15, 0.2) is 48.5 Å². The van der Waals surface area contributed by atoms with Gasteiger partial charge in [0.1, 0.15) is 11.3 Å². The van der Waals surface area contributed by atoms with Gasteiger partial charge in [-0.2, -0.15) is 5.10 Å². The van der Waals surface area contributed by atoms with Gasteiger partial charge in [-0.25, -0.2) is 13.1 Å². The van der Waals surface area contributed by atoms with Crippen LogP contribution in [0.3, 0.4) is 0 Å². The largest absolute Gasteiger partial charge is 0.360 e. The molecule has 1 fully saturated rings. The molecular formula is C24H25ClN4O3S. The zero-order chi connectivity index (χ0) is 23.3. The molecule has 0 saturated carbocycles. The Morgan fingerprint density at radius 1 is 1.15 bits per heavy atom. The van der Waals surface area contributed by atoms with E-state index < -0.39 is 16.0 Å². The minimum absolute atomic E-state index is 0.0231. The van der Waals surface area contributed by atoms with Crippen LogP contribution >= 0.6 is 11.6 Å². The van der Waals surface area contributed by atoms with Gasteiger partial charge in [-0.15, -0.1) is 0 Å². The molecule has 3 heterocycles. The van der Waals surface area contributed by atoms with Crippen molar-refractivity contribution in [2.75, 3.05) is 21.7 Å². The normalized spacial score (nSPS) is 21.7. The summed E-state index contributed by atoms with van der Waals surface area (Å²) in [6, 6.07) is 15.0. The molecule has 2 atom stereocenters. The lowest BCUT2D eigenvalue weighted by atomic mass is 10.0. The molecule has 5 rings (SSSR count). The fourth-order valence-corrected chi connectivity index (χ4v) is 6.78. The van der Waals surface area contributed by atoms with Crippen molar-refractivity contribution in [1.29, 1.82) is 0 Å². The summed E-state index contributed by atoms with van der Waals surface area (Å²) in [5.41, 5.74) is 4.55. The van der Waals surface area contributed by atoms with E-state index in [-0.39, 0.29) is 23.5 Å². The van der Waals surface area contributed by atoms with Gasteiger partial charge in [-0.05, 0) is 49.6 Å². The highest BCUT2D eigenvalue weighted by atomic mass is 35.5. The monoisotopic (exact) mass is 484 g/mol. The molecule has 0 aliphatic carbocycles. The third-order valence-electron chi connectivity index (χ3n) is 6.45. The molecule has 1 N–H and O–H groups in total. The molecule has 2 aliphatic heterocycles. The maximum absolute atomic E-state index is 13.7. The zero-order valence-electron chi connectivity index (χ0n) is 18.5. The lowest BCUT2D eigenvalue weighted by molar-refractivity contribution is 0.0975. The number of sulfone groups is 1. The first-order valence-corrected chi connectivity index (χ1v) is 13.2. The zero-order valence-corrected chi connectivity index (χ0v) is 20.0. The van der Waals surface area contributed by atoms with Crippen molar-refractivity contribution in [3.63, 3.8) is 0 Å². The molecule has 0 unspecified atom stereocenters. The topological polar surface area (TPSA) is 84.3 Å². The second-order valence-corrected chi connectivity index (χ2v) is 11.2. The summed E-state index contributed by atoms with van der Waals surface area (Å²) in [7, 11) is -3.10. The van der Waals surface area contributed by atoms with Gasteiger partial charge < -0.3 is 5.32 Å². The van der Waals surface area contributed by atoms with Crippen LogP contribution in [-0.2, 0) is 16.3 Å². The maximum atomic E-state index is 13.7. The van der Waals surface area contributed by atoms with Gasteiger partial charge in [0.2, 0.25) is 0 Å². The molecular weight excluding hydrogens is 460 g/mol. The molecule has 1 amide bonds. The standard InChI is InChI=1S/C24H25ClN4O3S/c1-3-16-8-10-17(11-9-16)28-23(26-20-7-5-4-6-19(20)24(28)30)21-15(2)27-29(22(21)25)18-12-13-33(31,32)14-18/h4-11,18,23,26H,3,12-14H2,1-2H3/t18-,23+/m0/s1. The number of hydrogen-bond acceptors (Lipinski definition) is 5. The van der Waals surface area contributed by atoms with Gasteiger partial charge in [0.25, 0.3) is 5.91 Å². The van der Waals surface area contributed by atoms with E-state index in [1.54, 1.807) is 15.6 Å². The maximum Gasteiger partial charge on any atom is 0.262 e. The van der Waals surface area contributed by atoms with E-state index in [4.69, 9.17) is 11.6 Å². The lowest BCUT2D eigenvalue weighted by Crippen LogP contribution is -2.43. The van der Waals surface area contributed by atoms with Crippen molar-refractivity contribution in [2.45, 2.75) is 38.9 Å². The lowest BCUT2D eigenvalue weighted by Gasteiger charge is -2.38. The van der Waals surface area contributed by atoms with Gasteiger partial charge in [-0.1, -0.05) is 42.8 Å². The number of rotatable bonds is 4. The minimum atomic E-state index is -3.10. The fraction of sp³-hybridized carbons (Fsp3) is 0.333. The highest BCUT2D eigenvalue weighted by Gasteiger charge is 2.39. The smallest absolute Gasteiger partial charge is 0.262 e. The number of halogens is 1. The van der Waals surface area contributed by atoms with Gasteiger partial charge >= 0.3 is 0 Å². The quantitative estimate of drug-likeness (QED) is 0.587. The number of carbonyl (C=O) groups is 1. The molecule has 2 aliphatic rings. The highest BCUT2D eigenvalue weighted by Crippen LogP contribution is 2.41. The van der Waals surface area contributed by atoms with Crippen molar-refractivity contribution in [3.05, 3.63) is 76.1 Å². The second kappa shape index (κ2) is 8.18. The third-order valence-corrected chi connectivity index (χ3v) is 8.58. The molecule has 0 spiro atoms. The van der Waals surface area contributed by atoms with E-state index in [1.165, 1.54) is 5.56 Å². The highest BCUT2D eigenvalue weighted by molar-refractivity contribution is 7.91. The van der Waals surface area contributed by atoms with E-state index in [0.29, 0.717) is 28.4 Å². The number of para-hydroxylation sites is 1. The second-order valence-electron chi connectivity index (χ2n) is 8.58. The molecule has 172 valence electrons. The minimum Gasteiger partial charge on any atom is -0.360 e. The first kappa shape index (κ1) is 22.0. The molecule has 0 radical (unpaired) electrons. The number of nitrogens with zero attached hydrogens (tertiary/aromatic N) is 3. The van der Waals surface area contributed by atoms with Crippen molar-refractivity contribution in [2.24, 2.45) is 0 Å². The summed E-state index contributed by atoms with van der Waals surface area (Å²) < 4.78 is 25.7. The number of nitrogens with one attached hydrogen (secondary N) is 1. The van der Waals surface area contributed by atoms with Crippen molar-refractivity contribution >= 4 is 38.7 Å². The summed E-state index contributed by atoms with van der Waals surface area (Å²) in [5, 5.41) is 8.44. The van der Waals surface area contributed by atoms with E-state index in [2.05, 4.69) is 17.3 Å². The number of anilines is 2. The van der Waals surface area contributed by atoms with Gasteiger partial charge in [0, 0.05) is 11.4 Å². The molecule has 1 aromatic heterocycles. The average Bonchev–Trinajstić information content (AvgIpc) is 3.31. The Bertz CT molecular complexity index is 1330. The molecule has 33 heavy (non-hydrogen) atoms. The Balaban J connectivity index is 1.62. The predicted molar refractivity (Wildman–Crippen MR) is 130 cm³/mol. The number of benzene rings is 2. The summed E-state index contributed by atoms with van der Waals surface area (Å²) >= 11 is 6.84. The van der Waals surface area contributed by atoms with E-state index in [1.807, 2.05) is 49.4 Å². The van der Waals surface area contributed by atoms with Crippen LogP contribution in [0.2, 0.25) is 5.15 Å². The Labute approximate surface area is 198 Å². The van der Waals surface area contributed by atoms with E-state index in [0.717, 1.165) is 17.8 Å². The molecule has 0 bridgehead atoms. The summed E-state index contributed by atoms with van der Waals surface area (Å²) in [4.78, 5) is 15.4. The molecule has 9 heteroatoms. The Morgan fingerprint density at radius 2 is 1.88 bits per heavy atom. The number of aromatic nitrogens is 2. The number of aryl methyl sites for hydroxylation is 2. The van der Waals surface area contributed by atoms with Crippen LogP contribution in [0, 0.1) is 6.92 Å². The number of hydrogen-bond donors (Lipinski definition) is 1. The van der Waals surface area contributed by atoms with Gasteiger partial charge in [0.15, 0.2) is 9.84 Å². The van der Waals surface area contributed by atoms with Crippen LogP contribution in [0.25, 0.3) is 0 Å². The van der Waals surface area contributed by atoms with Crippen LogP contribution in [0.5, 0.6) is 0 Å². The van der Waals surface area contributed by atoms with Crippen LogP contribution in [0.1, 0.15) is 52.7 Å². The Morgan fingerprint density at radius 3 is 2.55 bits per heavy atom. The fourth-order valence-electron chi connectivity index (χ4n) is 4.67. The van der Waals surface area contributed by atoms with Crippen molar-refractivity contribution in [1.82, 2.24) is 9.78 Å². The van der Waals surface area contributed by atoms with Crippen LogP contribution in [-0.4, -0.2) is 35.6 Å². The van der Waals surface area contributed by atoms with Gasteiger partial charge in [0.05, 0.1) is 34.4 Å². The molecule has 1 saturated heterocycles. The summed E-state index contributed by atoms with van der Waals surface area (Å²) in [6.07, 6.45) is 0.796. The van der Waals surface area contributed by atoms with Crippen molar-refractivity contribution in [3.8, 4) is 0 Å². The number of amides is 1. The Hall–Kier alpha value is -2.84. The van der Waals surface area contributed by atoms with Crippen LogP contribution < -0.4 is 10.2 Å². The molecule has 3 aromatic rings. The SMILES string of the molecule is CCc1ccc(N2C(=O)c3ccccc3N[C@H]2c2c(C)nn([C@H]3CCS(=O)(=O)C3)c2Cl)cc1. The van der Waals surface area contributed by atoms with Gasteiger partial charge in [-0.3, -0.25) is 9.69 Å². The summed E-state index contributed by atoms with van der Waals surface area (Å²) in [5.74, 6) is 0.0198. The average molecular weight is 485 g/mol. The first-order valence-electron chi connectivity index (χ1n) is 11.0. The van der Waals surface area contributed by atoms with E-state index in [9.17, 15) is 13.2 Å². The predicted octanol–water partition coefficient (Wildman–Crippen LogP) is 4.54.